The first-order chi connectivity index (χ1) is 15.3. The summed E-state index contributed by atoms with van der Waals surface area (Å²) in [5.74, 6) is -1.92. The van der Waals surface area contributed by atoms with E-state index in [0.717, 1.165) is 0 Å². The number of carbonyl (C=O) groups excluding carboxylic acids is 4. The van der Waals surface area contributed by atoms with Gasteiger partial charge in [-0.05, 0) is 42.5 Å². The quantitative estimate of drug-likeness (QED) is 0.529. The van der Waals surface area contributed by atoms with Crippen LogP contribution in [0.4, 0.5) is 11.4 Å². The number of hydrazine groups is 1. The smallest absolute Gasteiger partial charge is 0.258 e. The summed E-state index contributed by atoms with van der Waals surface area (Å²) in [7, 11) is 0. The second-order valence-corrected chi connectivity index (χ2v) is 7.69. The van der Waals surface area contributed by atoms with Gasteiger partial charge < -0.3 is 10.6 Å². The Hall–Kier alpha value is -3.50. The minimum absolute atomic E-state index is 0.0120. The summed E-state index contributed by atoms with van der Waals surface area (Å²) in [5, 5.41) is 6.68. The van der Waals surface area contributed by atoms with Crippen LogP contribution in [0.5, 0.6) is 0 Å². The first-order valence-corrected chi connectivity index (χ1v) is 10.4. The Balaban J connectivity index is 1.81. The van der Waals surface area contributed by atoms with E-state index in [9.17, 15) is 19.2 Å². The molecule has 0 spiro atoms. The van der Waals surface area contributed by atoms with Crippen LogP contribution in [0.1, 0.15) is 13.3 Å². The fourth-order valence-corrected chi connectivity index (χ4v) is 3.60. The molecule has 0 aliphatic carbocycles. The van der Waals surface area contributed by atoms with E-state index < -0.39 is 23.8 Å². The lowest BCUT2D eigenvalue weighted by molar-refractivity contribution is -0.130. The van der Waals surface area contributed by atoms with E-state index in [2.05, 4.69) is 16.1 Å². The number of nitrogens with one attached hydrogen (secondary N) is 3. The Morgan fingerprint density at radius 2 is 1.78 bits per heavy atom. The lowest BCUT2D eigenvalue weighted by atomic mass is 10.1. The third-order valence-electron chi connectivity index (χ3n) is 4.46. The maximum atomic E-state index is 13.2. The van der Waals surface area contributed by atoms with Gasteiger partial charge in [0.2, 0.25) is 16.9 Å². The highest BCUT2D eigenvalue weighted by Crippen LogP contribution is 2.26. The summed E-state index contributed by atoms with van der Waals surface area (Å²) in [6, 6.07) is 14.1. The molecule has 11 heteroatoms. The van der Waals surface area contributed by atoms with Gasteiger partial charge in [0.15, 0.2) is 0 Å². The van der Waals surface area contributed by atoms with Crippen LogP contribution in [0.3, 0.4) is 0 Å². The van der Waals surface area contributed by atoms with Gasteiger partial charge in [-0.2, -0.15) is 0 Å². The topological polar surface area (TPSA) is 111 Å². The van der Waals surface area contributed by atoms with Crippen LogP contribution in [-0.4, -0.2) is 46.3 Å². The van der Waals surface area contributed by atoms with Crippen molar-refractivity contribution in [2.24, 2.45) is 0 Å². The zero-order valence-corrected chi connectivity index (χ0v) is 18.6. The normalized spacial score (nSPS) is 15.5. The molecule has 0 saturated carbocycles. The molecule has 0 unspecified atom stereocenters. The van der Waals surface area contributed by atoms with Crippen molar-refractivity contribution in [3.8, 4) is 0 Å². The molecule has 0 bridgehead atoms. The average molecular weight is 474 g/mol. The molecule has 0 radical (unpaired) electrons. The number of benzene rings is 2. The highest BCUT2D eigenvalue weighted by Gasteiger charge is 2.45. The summed E-state index contributed by atoms with van der Waals surface area (Å²) in [5.41, 5.74) is 3.49. The number of halogens is 1. The molecule has 3 rings (SSSR count). The van der Waals surface area contributed by atoms with E-state index in [1.165, 1.54) is 16.8 Å². The number of thiocarbonyl (C=S) groups is 1. The minimum atomic E-state index is -1.08. The number of hydrogen-bond acceptors (Lipinski definition) is 5. The predicted octanol–water partition coefficient (Wildman–Crippen LogP) is 1.84. The van der Waals surface area contributed by atoms with Gasteiger partial charge in [0.05, 0.1) is 18.7 Å². The van der Waals surface area contributed by atoms with E-state index in [4.69, 9.17) is 23.8 Å². The van der Waals surface area contributed by atoms with Crippen molar-refractivity contribution < 1.29 is 19.2 Å². The van der Waals surface area contributed by atoms with Gasteiger partial charge in [-0.1, -0.05) is 35.9 Å². The lowest BCUT2D eigenvalue weighted by Gasteiger charge is -2.24. The van der Waals surface area contributed by atoms with Crippen LogP contribution in [-0.2, 0) is 19.2 Å². The Labute approximate surface area is 194 Å². The zero-order chi connectivity index (χ0) is 23.3. The Morgan fingerprint density at radius 3 is 2.44 bits per heavy atom. The van der Waals surface area contributed by atoms with Gasteiger partial charge in [-0.3, -0.25) is 29.5 Å². The van der Waals surface area contributed by atoms with Crippen molar-refractivity contribution in [2.75, 3.05) is 16.8 Å². The predicted molar refractivity (Wildman–Crippen MR) is 124 cm³/mol. The summed E-state index contributed by atoms with van der Waals surface area (Å²) < 4.78 is 0. The van der Waals surface area contributed by atoms with Crippen molar-refractivity contribution in [1.82, 2.24) is 15.8 Å². The number of rotatable bonds is 7. The fourth-order valence-electron chi connectivity index (χ4n) is 3.05. The van der Waals surface area contributed by atoms with Crippen LogP contribution in [0, 0.1) is 0 Å². The molecular formula is C21H20ClN5O4S. The van der Waals surface area contributed by atoms with Crippen LogP contribution in [0.25, 0.3) is 0 Å². The van der Waals surface area contributed by atoms with Crippen molar-refractivity contribution in [2.45, 2.75) is 19.4 Å². The zero-order valence-electron chi connectivity index (χ0n) is 17.0. The molecule has 1 fully saturated rings. The minimum Gasteiger partial charge on any atom is -0.347 e. The monoisotopic (exact) mass is 473 g/mol. The molecular weight excluding hydrogens is 454 g/mol. The number of para-hydroxylation sites is 1. The molecule has 1 atom stereocenters. The van der Waals surface area contributed by atoms with Crippen LogP contribution in [0.2, 0.25) is 5.02 Å². The standard InChI is InChI=1S/C21H20ClN5O4S/c1-13(28)23-12-19(30)25-27-17(11-18(29)24-15-7-5-6-14(22)10-15)20(31)26(21(27)32)16-8-3-2-4-9-16/h2-10,17H,11-12H2,1H3,(H,23,28)(H,24,29)(H,25,30)/t17-/m0/s1. The van der Waals surface area contributed by atoms with Crippen molar-refractivity contribution >= 4 is 63.9 Å². The molecule has 4 amide bonds. The van der Waals surface area contributed by atoms with Crippen LogP contribution >= 0.6 is 23.8 Å². The molecule has 2 aromatic rings. The highest BCUT2D eigenvalue weighted by atomic mass is 35.5. The van der Waals surface area contributed by atoms with Gasteiger partial charge in [-0.25, -0.2) is 5.01 Å². The van der Waals surface area contributed by atoms with Crippen LogP contribution in [0.15, 0.2) is 54.6 Å². The van der Waals surface area contributed by atoms with Crippen molar-refractivity contribution in [3.05, 3.63) is 59.6 Å². The molecule has 32 heavy (non-hydrogen) atoms. The summed E-state index contributed by atoms with van der Waals surface area (Å²) in [6.07, 6.45) is -0.283. The number of anilines is 2. The van der Waals surface area contributed by atoms with Gasteiger partial charge in [0.1, 0.15) is 6.04 Å². The first-order valence-electron chi connectivity index (χ1n) is 9.58. The van der Waals surface area contributed by atoms with E-state index in [1.54, 1.807) is 54.6 Å². The highest BCUT2D eigenvalue weighted by molar-refractivity contribution is 7.80. The summed E-state index contributed by atoms with van der Waals surface area (Å²) in [4.78, 5) is 50.5. The average Bonchev–Trinajstić information content (AvgIpc) is 2.96. The SMILES string of the molecule is CC(=O)NCC(=O)NN1C(=S)N(c2ccccc2)C(=O)[C@@H]1CC(=O)Nc1cccc(Cl)c1. The third-order valence-corrected chi connectivity index (χ3v) is 5.07. The largest absolute Gasteiger partial charge is 0.347 e. The lowest BCUT2D eigenvalue weighted by Crippen LogP contribution is -2.52. The summed E-state index contributed by atoms with van der Waals surface area (Å²) >= 11 is 11.4. The third kappa shape index (κ3) is 5.59. The Bertz CT molecular complexity index is 1070. The molecule has 1 saturated heterocycles. The Kier molecular flexibility index (Phi) is 7.39. The van der Waals surface area contributed by atoms with E-state index in [0.29, 0.717) is 16.4 Å². The maximum Gasteiger partial charge on any atom is 0.258 e. The molecule has 0 aromatic heterocycles. The van der Waals surface area contributed by atoms with E-state index in [-0.39, 0.29) is 24.0 Å². The Morgan fingerprint density at radius 1 is 1.06 bits per heavy atom. The van der Waals surface area contributed by atoms with Gasteiger partial charge in [0.25, 0.3) is 11.8 Å². The molecule has 9 nitrogen and oxygen atoms in total. The number of carbonyl (C=O) groups is 4. The van der Waals surface area contributed by atoms with Gasteiger partial charge in [0, 0.05) is 17.6 Å². The van der Waals surface area contributed by atoms with Crippen molar-refractivity contribution in [1.29, 1.82) is 0 Å². The second kappa shape index (κ2) is 10.2. The number of hydrogen-bond donors (Lipinski definition) is 3. The van der Waals surface area contributed by atoms with E-state index >= 15 is 0 Å². The molecule has 2 aromatic carbocycles. The fraction of sp³-hybridized carbons (Fsp3) is 0.190. The first kappa shape index (κ1) is 23.2. The molecule has 1 aliphatic heterocycles. The van der Waals surface area contributed by atoms with Gasteiger partial charge >= 0.3 is 0 Å². The molecule has 1 aliphatic rings. The number of nitrogens with zero attached hydrogens (tertiary/aromatic N) is 2. The molecule has 1 heterocycles. The summed E-state index contributed by atoms with van der Waals surface area (Å²) in [6.45, 7) is 0.965. The van der Waals surface area contributed by atoms with Gasteiger partial charge in [-0.15, -0.1) is 0 Å². The molecule has 3 N–H and O–H groups in total. The molecule has 166 valence electrons. The number of amides is 4. The van der Waals surface area contributed by atoms with Crippen molar-refractivity contribution in [3.63, 3.8) is 0 Å². The maximum absolute atomic E-state index is 13.2. The van der Waals surface area contributed by atoms with E-state index in [1.807, 2.05) is 0 Å². The second-order valence-electron chi connectivity index (χ2n) is 6.88. The van der Waals surface area contributed by atoms with Crippen LogP contribution < -0.4 is 21.0 Å².